The van der Waals surface area contributed by atoms with E-state index >= 15 is 0 Å². The van der Waals surface area contributed by atoms with Crippen LogP contribution >= 0.6 is 0 Å². The fraction of sp³-hybridized carbons (Fsp3) is 0.364. The molecule has 160 valence electrons. The molecular formula is C22H23FO6S. The van der Waals surface area contributed by atoms with Crippen LogP contribution in [0, 0.1) is 18.2 Å². The summed E-state index contributed by atoms with van der Waals surface area (Å²) in [7, 11) is -4.12. The zero-order valence-electron chi connectivity index (χ0n) is 16.9. The molecule has 0 amide bonds. The van der Waals surface area contributed by atoms with Gasteiger partial charge in [0.2, 0.25) is 0 Å². The Labute approximate surface area is 174 Å². The van der Waals surface area contributed by atoms with Crippen molar-refractivity contribution in [2.24, 2.45) is 5.41 Å². The van der Waals surface area contributed by atoms with Crippen LogP contribution in [0.4, 0.5) is 4.39 Å². The van der Waals surface area contributed by atoms with Gasteiger partial charge in [-0.25, -0.2) is 12.8 Å². The van der Waals surface area contributed by atoms with Crippen molar-refractivity contribution >= 4 is 21.8 Å². The zero-order chi connectivity index (χ0) is 22.1. The molecule has 8 heteroatoms. The first-order chi connectivity index (χ1) is 14.2. The minimum absolute atomic E-state index is 0.0133. The molecule has 6 nitrogen and oxygen atoms in total. The highest BCUT2D eigenvalue weighted by atomic mass is 32.2. The summed E-state index contributed by atoms with van der Waals surface area (Å²) in [5.41, 5.74) is -0.840. The van der Waals surface area contributed by atoms with E-state index in [0.29, 0.717) is 5.56 Å². The summed E-state index contributed by atoms with van der Waals surface area (Å²) in [6.07, 6.45) is 0. The van der Waals surface area contributed by atoms with Gasteiger partial charge >= 0.3 is 11.9 Å². The summed E-state index contributed by atoms with van der Waals surface area (Å²) in [6.45, 7) is 4.88. The Morgan fingerprint density at radius 3 is 1.90 bits per heavy atom. The highest BCUT2D eigenvalue weighted by Crippen LogP contribution is 2.65. The molecule has 3 rings (SSSR count). The zero-order valence-corrected chi connectivity index (χ0v) is 17.7. The predicted molar refractivity (Wildman–Crippen MR) is 107 cm³/mol. The van der Waals surface area contributed by atoms with Crippen molar-refractivity contribution in [3.8, 4) is 0 Å². The summed E-state index contributed by atoms with van der Waals surface area (Å²) < 4.78 is 50.7. The fourth-order valence-corrected chi connectivity index (χ4v) is 6.12. The summed E-state index contributed by atoms with van der Waals surface area (Å²) in [6, 6.07) is 11.2. The van der Waals surface area contributed by atoms with Crippen molar-refractivity contribution in [3.05, 3.63) is 65.5 Å². The number of sulfone groups is 1. The molecule has 2 aromatic rings. The minimum Gasteiger partial charge on any atom is -0.465 e. The average Bonchev–Trinajstić information content (AvgIpc) is 3.42. The van der Waals surface area contributed by atoms with E-state index in [1.807, 2.05) is 6.92 Å². The maximum Gasteiger partial charge on any atom is 0.325 e. The summed E-state index contributed by atoms with van der Waals surface area (Å²) in [5, 5.41) is -1.42. The quantitative estimate of drug-likeness (QED) is 0.491. The standard InChI is InChI=1S/C22H23FO6S/c1-4-28-20(24)22(21(25)29-5-2)18(15-8-10-16(23)11-9-15)19(22)30(26,27)17-12-6-14(3)7-13-17/h6-13,18-19H,4-5H2,1-3H3/t18-,19-/m0/s1. The molecule has 1 aliphatic rings. The fourth-order valence-electron chi connectivity index (χ4n) is 3.83. The minimum atomic E-state index is -4.12. The van der Waals surface area contributed by atoms with Crippen molar-refractivity contribution in [2.75, 3.05) is 13.2 Å². The van der Waals surface area contributed by atoms with Crippen LogP contribution in [0.1, 0.15) is 30.9 Å². The maximum atomic E-state index is 13.5. The lowest BCUT2D eigenvalue weighted by Gasteiger charge is -2.15. The molecule has 1 aliphatic carbocycles. The number of halogens is 1. The van der Waals surface area contributed by atoms with E-state index in [-0.39, 0.29) is 18.1 Å². The van der Waals surface area contributed by atoms with Crippen LogP contribution in [-0.4, -0.2) is 38.8 Å². The highest BCUT2D eigenvalue weighted by Gasteiger charge is 2.81. The lowest BCUT2D eigenvalue weighted by Crippen LogP contribution is -2.35. The molecule has 0 unspecified atom stereocenters. The van der Waals surface area contributed by atoms with Crippen molar-refractivity contribution in [1.82, 2.24) is 0 Å². The Bertz CT molecular complexity index is 1030. The van der Waals surface area contributed by atoms with E-state index in [1.54, 1.807) is 26.0 Å². The van der Waals surface area contributed by atoms with Gasteiger partial charge in [0.1, 0.15) is 11.1 Å². The third-order valence-corrected chi connectivity index (χ3v) is 7.51. The second-order valence-electron chi connectivity index (χ2n) is 7.12. The van der Waals surface area contributed by atoms with E-state index in [1.165, 1.54) is 24.3 Å². The number of rotatable bonds is 7. The first-order valence-corrected chi connectivity index (χ1v) is 11.2. The van der Waals surface area contributed by atoms with Gasteiger partial charge in [0.25, 0.3) is 0 Å². The van der Waals surface area contributed by atoms with Gasteiger partial charge < -0.3 is 9.47 Å². The normalized spacial score (nSPS) is 19.7. The molecule has 0 heterocycles. The number of ether oxygens (including phenoxy) is 2. The van der Waals surface area contributed by atoms with Gasteiger partial charge in [-0.05, 0) is 50.6 Å². The van der Waals surface area contributed by atoms with Crippen LogP contribution in [0.2, 0.25) is 0 Å². The Hall–Kier alpha value is -2.74. The van der Waals surface area contributed by atoms with Crippen molar-refractivity contribution < 1.29 is 31.9 Å². The molecule has 2 aromatic carbocycles. The molecule has 30 heavy (non-hydrogen) atoms. The van der Waals surface area contributed by atoms with Gasteiger partial charge in [0.05, 0.1) is 18.1 Å². The Balaban J connectivity index is 2.19. The Morgan fingerprint density at radius 2 is 1.43 bits per heavy atom. The van der Waals surface area contributed by atoms with Gasteiger partial charge in [0, 0.05) is 5.92 Å². The van der Waals surface area contributed by atoms with Crippen LogP contribution in [0.15, 0.2) is 53.4 Å². The second kappa shape index (κ2) is 8.18. The molecule has 2 atom stereocenters. The molecule has 0 saturated heterocycles. The third kappa shape index (κ3) is 3.49. The monoisotopic (exact) mass is 434 g/mol. The van der Waals surface area contributed by atoms with Gasteiger partial charge in [-0.1, -0.05) is 29.8 Å². The lowest BCUT2D eigenvalue weighted by atomic mass is 9.99. The molecule has 0 aromatic heterocycles. The van der Waals surface area contributed by atoms with Crippen LogP contribution in [-0.2, 0) is 28.9 Å². The van der Waals surface area contributed by atoms with Gasteiger partial charge in [-0.15, -0.1) is 0 Å². The highest BCUT2D eigenvalue weighted by molar-refractivity contribution is 7.92. The number of carbonyl (C=O) groups excluding carboxylic acids is 2. The van der Waals surface area contributed by atoms with Crippen LogP contribution < -0.4 is 0 Å². The molecule has 0 N–H and O–H groups in total. The second-order valence-corrected chi connectivity index (χ2v) is 9.19. The number of benzene rings is 2. The van der Waals surface area contributed by atoms with Gasteiger partial charge in [-0.2, -0.15) is 0 Å². The number of aryl methyl sites for hydroxylation is 1. The smallest absolute Gasteiger partial charge is 0.325 e. The van der Waals surface area contributed by atoms with Crippen LogP contribution in [0.25, 0.3) is 0 Å². The topological polar surface area (TPSA) is 86.7 Å². The number of hydrogen-bond acceptors (Lipinski definition) is 6. The summed E-state index contributed by atoms with van der Waals surface area (Å²) >= 11 is 0. The van der Waals surface area contributed by atoms with Crippen LogP contribution in [0.3, 0.4) is 0 Å². The van der Waals surface area contributed by atoms with Gasteiger partial charge in [0.15, 0.2) is 15.3 Å². The number of carbonyl (C=O) groups is 2. The average molecular weight is 434 g/mol. The SMILES string of the molecule is CCOC(=O)C1(C(=O)OCC)[C@@H](c2ccc(F)cc2)[C@@H]1S(=O)(=O)c1ccc(C)cc1. The molecule has 0 aliphatic heterocycles. The first-order valence-electron chi connectivity index (χ1n) is 9.61. The molecule has 0 bridgehead atoms. The van der Waals surface area contributed by atoms with Crippen molar-refractivity contribution in [2.45, 2.75) is 36.8 Å². The molecule has 1 fully saturated rings. The van der Waals surface area contributed by atoms with Crippen molar-refractivity contribution in [3.63, 3.8) is 0 Å². The largest absolute Gasteiger partial charge is 0.465 e. The summed E-state index contributed by atoms with van der Waals surface area (Å²) in [5.74, 6) is -3.49. The number of esters is 2. The maximum absolute atomic E-state index is 13.5. The van der Waals surface area contributed by atoms with Crippen molar-refractivity contribution in [1.29, 1.82) is 0 Å². The van der Waals surface area contributed by atoms with E-state index in [2.05, 4.69) is 0 Å². The lowest BCUT2D eigenvalue weighted by molar-refractivity contribution is -0.164. The van der Waals surface area contributed by atoms with E-state index < -0.39 is 44.2 Å². The Kier molecular flexibility index (Phi) is 5.99. The van der Waals surface area contributed by atoms with E-state index in [9.17, 15) is 22.4 Å². The predicted octanol–water partition coefficient (Wildman–Crippen LogP) is 3.19. The van der Waals surface area contributed by atoms with Gasteiger partial charge in [-0.3, -0.25) is 9.59 Å². The van der Waals surface area contributed by atoms with E-state index in [0.717, 1.165) is 17.7 Å². The summed E-state index contributed by atoms with van der Waals surface area (Å²) in [4.78, 5) is 25.9. The molecule has 1 saturated carbocycles. The molecule has 0 spiro atoms. The third-order valence-electron chi connectivity index (χ3n) is 5.27. The molecule has 0 radical (unpaired) electrons. The van der Waals surface area contributed by atoms with E-state index in [4.69, 9.17) is 9.47 Å². The molecular weight excluding hydrogens is 411 g/mol. The number of hydrogen-bond donors (Lipinski definition) is 0. The van der Waals surface area contributed by atoms with Crippen LogP contribution in [0.5, 0.6) is 0 Å². The Morgan fingerprint density at radius 1 is 0.933 bits per heavy atom. The first kappa shape index (κ1) is 22.0.